The number of hydrogen-bond donors (Lipinski definition) is 0. The fourth-order valence-corrected chi connectivity index (χ4v) is 19.2. The Morgan fingerprint density at radius 3 is 1.21 bits per heavy atom. The van der Waals surface area contributed by atoms with Crippen LogP contribution >= 0.6 is 0 Å². The number of aromatic nitrogens is 6. The molecular formula is C134H126N6. The topological polar surface area (TPSA) is 77.3 Å². The van der Waals surface area contributed by atoms with Crippen LogP contribution in [0.1, 0.15) is 179 Å². The highest BCUT2D eigenvalue weighted by molar-refractivity contribution is 5.97. The summed E-state index contributed by atoms with van der Waals surface area (Å²) in [5, 5.41) is 0. The first-order chi connectivity index (χ1) is 67.8. The standard InChI is InChI=1S/C134H126N6/c1-15-134(13,14)89-94-69-73-135-125(78-94)102-61-53-96(54-62-102)117-43-23-28-48-122(117)109-82-110(123-49-29-24-44-118(123)98-57-65-104(66-58-98)128-87-114(72-76-138-128)133(10,11)12)84-111(83-109)124-50-30-25-45-119(124)99-59-67-105(68-60-99)130-88-129(139-90-140-130)101-36-20-19-35-93(51-52-101)77-91(2)33-17-16-18-34-92(3)106-79-107(120-46-26-21-41-115(120)95-37-31-39-100(40-32-38-95)126-85-112(70-74-136-126)131(4,5)6)81-108(80-106)121-47-27-22-42-116(121)97-55-63-103(64-56-97)127-86-113(71-75-137-127)132(7,8)9/h16-18,20-33,36-39,41-76,78-88,90-91,100H,3,15,19,34-35,40,77,89H2,1-2,4-14H3/b18-16-,33-17-,36-20-,38-32-,39-31?,93-51+,95-37+,101-52+. The summed E-state index contributed by atoms with van der Waals surface area (Å²) in [6.07, 6.45) is 45.5. The van der Waals surface area contributed by atoms with Crippen molar-refractivity contribution in [2.45, 2.75) is 157 Å². The van der Waals surface area contributed by atoms with Crippen molar-refractivity contribution >= 4 is 16.7 Å². The van der Waals surface area contributed by atoms with Crippen molar-refractivity contribution in [2.24, 2.45) is 11.3 Å². The third-order valence-corrected chi connectivity index (χ3v) is 27.8. The molecule has 5 aromatic heterocycles. The Labute approximate surface area is 830 Å². The van der Waals surface area contributed by atoms with E-state index < -0.39 is 0 Å². The maximum absolute atomic E-state index is 4.92. The van der Waals surface area contributed by atoms with E-state index in [0.717, 1.165) is 217 Å². The Morgan fingerprint density at radius 2 is 0.750 bits per heavy atom. The monoisotopic (exact) mass is 1820 g/mol. The molecule has 0 N–H and O–H groups in total. The number of hydrogen-bond acceptors (Lipinski definition) is 6. The van der Waals surface area contributed by atoms with Gasteiger partial charge in [0.25, 0.3) is 0 Å². The molecule has 2 atom stereocenters. The van der Waals surface area contributed by atoms with Crippen LogP contribution in [0.3, 0.4) is 0 Å². The molecular weight excluding hydrogens is 1690 g/mol. The molecule has 5 heterocycles. The van der Waals surface area contributed by atoms with Crippen molar-refractivity contribution in [1.29, 1.82) is 0 Å². The van der Waals surface area contributed by atoms with Crippen LogP contribution in [0.2, 0.25) is 0 Å². The normalized spacial score (nSPS) is 15.6. The van der Waals surface area contributed by atoms with E-state index in [-0.39, 0.29) is 27.6 Å². The highest BCUT2D eigenvalue weighted by Crippen LogP contribution is 2.47. The van der Waals surface area contributed by atoms with Gasteiger partial charge in [-0.2, -0.15) is 0 Å². The van der Waals surface area contributed by atoms with Crippen molar-refractivity contribution in [3.05, 3.63) is 476 Å². The van der Waals surface area contributed by atoms with Crippen molar-refractivity contribution in [1.82, 2.24) is 29.9 Å². The third-order valence-electron chi connectivity index (χ3n) is 27.8. The zero-order chi connectivity index (χ0) is 97.1. The molecule has 0 fully saturated rings. The van der Waals surface area contributed by atoms with Gasteiger partial charge in [0, 0.05) is 58.7 Å². The molecule has 140 heavy (non-hydrogen) atoms. The second-order valence-electron chi connectivity index (χ2n) is 41.7. The molecule has 18 rings (SSSR count). The zero-order valence-corrected chi connectivity index (χ0v) is 83.3. The van der Waals surface area contributed by atoms with Gasteiger partial charge in [-0.15, -0.1) is 0 Å². The van der Waals surface area contributed by atoms with Crippen LogP contribution in [0.5, 0.6) is 0 Å². The van der Waals surface area contributed by atoms with Crippen LogP contribution in [0.4, 0.5) is 0 Å². The first-order valence-corrected chi connectivity index (χ1v) is 49.8. The average Bonchev–Trinajstić information content (AvgIpc) is 0.770. The van der Waals surface area contributed by atoms with Crippen molar-refractivity contribution in [2.75, 3.05) is 0 Å². The van der Waals surface area contributed by atoms with E-state index in [4.69, 9.17) is 36.5 Å². The van der Waals surface area contributed by atoms with Gasteiger partial charge >= 0.3 is 0 Å². The first kappa shape index (κ1) is 95.1. The van der Waals surface area contributed by atoms with Gasteiger partial charge in [-0.05, 0) is 307 Å². The largest absolute Gasteiger partial charge is 0.261 e. The van der Waals surface area contributed by atoms with Crippen molar-refractivity contribution in [3.63, 3.8) is 0 Å². The molecule has 11 aromatic carbocycles. The molecule has 692 valence electrons. The van der Waals surface area contributed by atoms with Gasteiger partial charge in [0.2, 0.25) is 0 Å². The fraction of sp³-hybridized carbons (Fsp3) is 0.194. The Hall–Kier alpha value is -15.2. The average molecular weight is 1820 g/mol. The van der Waals surface area contributed by atoms with Gasteiger partial charge in [0.1, 0.15) is 6.33 Å². The minimum Gasteiger partial charge on any atom is -0.261 e. The first-order valence-electron chi connectivity index (χ1n) is 49.8. The molecule has 0 amide bonds. The molecule has 0 bridgehead atoms. The van der Waals surface area contributed by atoms with E-state index in [1.807, 2.05) is 24.8 Å². The van der Waals surface area contributed by atoms with Crippen LogP contribution < -0.4 is 0 Å². The Balaban J connectivity index is 0.588. The molecule has 0 aliphatic heterocycles. The predicted octanol–water partition coefficient (Wildman–Crippen LogP) is 36.2. The van der Waals surface area contributed by atoms with Crippen molar-refractivity contribution < 1.29 is 0 Å². The summed E-state index contributed by atoms with van der Waals surface area (Å²) < 4.78 is 0. The summed E-state index contributed by atoms with van der Waals surface area (Å²) in [6, 6.07) is 114. The van der Waals surface area contributed by atoms with Gasteiger partial charge in [0.05, 0.1) is 28.5 Å². The fourth-order valence-electron chi connectivity index (χ4n) is 19.2. The van der Waals surface area contributed by atoms with Gasteiger partial charge in [-0.3, -0.25) is 19.9 Å². The van der Waals surface area contributed by atoms with Crippen LogP contribution in [0.25, 0.3) is 162 Å². The van der Waals surface area contributed by atoms with E-state index >= 15 is 0 Å². The van der Waals surface area contributed by atoms with Gasteiger partial charge < -0.3 is 0 Å². The number of allylic oxidation sites excluding steroid dienone is 17. The summed E-state index contributed by atoms with van der Waals surface area (Å²) in [5.74, 6) is 0.480. The maximum Gasteiger partial charge on any atom is 0.116 e. The number of nitrogens with zero attached hydrogens (tertiary/aromatic N) is 6. The second kappa shape index (κ2) is 42.0. The van der Waals surface area contributed by atoms with Crippen LogP contribution in [-0.4, -0.2) is 29.9 Å². The van der Waals surface area contributed by atoms with Gasteiger partial charge in [-0.25, -0.2) is 9.97 Å². The highest BCUT2D eigenvalue weighted by Gasteiger charge is 2.25. The van der Waals surface area contributed by atoms with Crippen molar-refractivity contribution in [3.8, 4) is 145 Å². The summed E-state index contributed by atoms with van der Waals surface area (Å²) in [4.78, 5) is 29.2. The Morgan fingerprint density at radius 1 is 0.364 bits per heavy atom. The molecule has 0 spiro atoms. The lowest BCUT2D eigenvalue weighted by atomic mass is 9.83. The van der Waals surface area contributed by atoms with E-state index in [0.29, 0.717) is 12.3 Å². The summed E-state index contributed by atoms with van der Waals surface area (Å²) in [7, 11) is 0. The Kier molecular flexibility index (Phi) is 28.5. The number of rotatable bonds is 26. The molecule has 2 aliphatic rings. The zero-order valence-electron chi connectivity index (χ0n) is 83.3. The molecule has 0 radical (unpaired) electrons. The molecule has 16 aromatic rings. The molecule has 0 saturated carbocycles. The minimum absolute atomic E-state index is 0.00464. The van der Waals surface area contributed by atoms with E-state index in [9.17, 15) is 0 Å². The number of pyridine rings is 4. The molecule has 6 nitrogen and oxygen atoms in total. The summed E-state index contributed by atoms with van der Waals surface area (Å²) >= 11 is 0. The molecule has 2 unspecified atom stereocenters. The van der Waals surface area contributed by atoms with E-state index in [2.05, 4.69) is 478 Å². The van der Waals surface area contributed by atoms with Crippen LogP contribution in [0, 0.1) is 11.3 Å². The number of benzene rings is 11. The quantitative estimate of drug-likeness (QED) is 0.0503. The second-order valence-corrected chi connectivity index (χ2v) is 41.7. The lowest BCUT2D eigenvalue weighted by Crippen LogP contribution is -2.13. The van der Waals surface area contributed by atoms with Crippen LogP contribution in [0.15, 0.2) is 432 Å². The van der Waals surface area contributed by atoms with E-state index in [1.165, 1.54) is 33.4 Å². The minimum atomic E-state index is 0.00464. The predicted molar refractivity (Wildman–Crippen MR) is 594 cm³/mol. The Bertz CT molecular complexity index is 7480. The smallest absolute Gasteiger partial charge is 0.116 e. The SMILES string of the molecule is C=C(C/C=C\C=C/C(C)C/C1=C/C=C(c2cc(-c3ccc(-c4ccccc4-c4cc(-c5ccccc5-c5ccc(-c6cc(CC(C)(C)CC)ccn6)cc5)cc(-c5ccccc5-c5ccc(-c6cc(C(C)(C)C)ccn6)cc5)c4)cc3)ncn2)\C=C/CC1)c1cc(-c2ccccc2C2=C/C=CC(c3cc(C(C)(C)C)ccn3)C/C=C\2)cc(-c2ccccc2-c2ccc(-c3cc(C(C)(C)C)ccn3)cc2)c1. The summed E-state index contributed by atoms with van der Waals surface area (Å²) in [5.41, 5.74) is 42.9. The lowest BCUT2D eigenvalue weighted by Gasteiger charge is -2.22. The van der Waals surface area contributed by atoms with Gasteiger partial charge in [-0.1, -0.05) is 406 Å². The summed E-state index contributed by atoms with van der Waals surface area (Å²) in [6.45, 7) is 34.4. The lowest BCUT2D eigenvalue weighted by molar-refractivity contribution is 0.349. The molecule has 2 aliphatic carbocycles. The third kappa shape index (κ3) is 22.6. The highest BCUT2D eigenvalue weighted by atomic mass is 14.8. The molecule has 0 saturated heterocycles. The van der Waals surface area contributed by atoms with E-state index in [1.54, 1.807) is 6.33 Å². The van der Waals surface area contributed by atoms with Gasteiger partial charge in [0.15, 0.2) is 0 Å². The molecule has 6 heteroatoms. The van der Waals surface area contributed by atoms with Crippen LogP contribution in [-0.2, 0) is 22.7 Å². The maximum atomic E-state index is 4.92.